The van der Waals surface area contributed by atoms with Gasteiger partial charge in [-0.3, -0.25) is 10.1 Å². The molecule has 3 aromatic rings. The zero-order chi connectivity index (χ0) is 21.5. The van der Waals surface area contributed by atoms with Gasteiger partial charge in [-0.1, -0.05) is 17.2 Å². The number of hydrogen-bond donors (Lipinski definition) is 2. The molecule has 9 nitrogen and oxygen atoms in total. The number of aliphatic imine (C=N–C) groups is 1. The predicted octanol–water partition coefficient (Wildman–Crippen LogP) is 2.41. The Hall–Kier alpha value is -3.80. The molecule has 2 aromatic carbocycles. The summed E-state index contributed by atoms with van der Waals surface area (Å²) in [4.78, 5) is 18.3. The molecule has 0 aliphatic carbocycles. The van der Waals surface area contributed by atoms with E-state index in [4.69, 9.17) is 0 Å². The summed E-state index contributed by atoms with van der Waals surface area (Å²) in [5, 5.41) is 24.0. The third-order valence-corrected chi connectivity index (χ3v) is 4.42. The van der Waals surface area contributed by atoms with Crippen molar-refractivity contribution >= 4 is 34.6 Å². The second-order valence-corrected chi connectivity index (χ2v) is 6.35. The van der Waals surface area contributed by atoms with Crippen LogP contribution in [0.3, 0.4) is 0 Å². The van der Waals surface area contributed by atoms with E-state index < -0.39 is 23.9 Å². The van der Waals surface area contributed by atoms with Gasteiger partial charge in [0.05, 0.1) is 16.9 Å². The highest BCUT2D eigenvalue weighted by Gasteiger charge is 2.35. The Labute approximate surface area is 167 Å². The lowest BCUT2D eigenvalue weighted by atomic mass is 10.1. The van der Waals surface area contributed by atoms with Gasteiger partial charge >= 0.3 is 6.18 Å². The maximum absolute atomic E-state index is 12.9. The molecule has 0 bridgehead atoms. The summed E-state index contributed by atoms with van der Waals surface area (Å²) in [6.07, 6.45) is -6.05. The number of aliphatic hydroxyl groups is 1. The highest BCUT2D eigenvalue weighted by molar-refractivity contribution is 6.45. The Kier molecular flexibility index (Phi) is 4.70. The number of aromatic nitrogens is 4. The number of carbonyl (C=O) groups is 1. The SMILES string of the molecule is Cn1nnnc1NC(=O)C1=Nc2ccccc2N(c2ccc(C(F)(F)F)cc2)C1O. The second kappa shape index (κ2) is 7.22. The number of aliphatic hydroxyl groups excluding tert-OH is 1. The van der Waals surface area contributed by atoms with E-state index in [1.54, 1.807) is 24.3 Å². The Morgan fingerprint density at radius 2 is 1.83 bits per heavy atom. The van der Waals surface area contributed by atoms with Gasteiger partial charge in [0.2, 0.25) is 5.95 Å². The number of amides is 1. The van der Waals surface area contributed by atoms with Gasteiger partial charge in [-0.15, -0.1) is 0 Å². The van der Waals surface area contributed by atoms with Crippen LogP contribution in [0.2, 0.25) is 0 Å². The monoisotopic (exact) mass is 417 g/mol. The van der Waals surface area contributed by atoms with E-state index in [0.29, 0.717) is 11.4 Å². The van der Waals surface area contributed by atoms with E-state index in [1.165, 1.54) is 28.8 Å². The molecule has 0 fully saturated rings. The third-order valence-electron chi connectivity index (χ3n) is 4.42. The van der Waals surface area contributed by atoms with Crippen LogP contribution in [0.15, 0.2) is 53.5 Å². The number of carbonyl (C=O) groups excluding carboxylic acids is 1. The van der Waals surface area contributed by atoms with Crippen LogP contribution < -0.4 is 10.2 Å². The smallest absolute Gasteiger partial charge is 0.367 e. The molecule has 0 radical (unpaired) electrons. The fourth-order valence-corrected chi connectivity index (χ4v) is 2.96. The molecule has 1 atom stereocenters. The fourth-order valence-electron chi connectivity index (χ4n) is 2.96. The number of halogens is 3. The van der Waals surface area contributed by atoms with Crippen molar-refractivity contribution in [2.75, 3.05) is 10.2 Å². The first-order valence-corrected chi connectivity index (χ1v) is 8.61. The average Bonchev–Trinajstić information content (AvgIpc) is 3.11. The minimum atomic E-state index is -4.49. The van der Waals surface area contributed by atoms with Gasteiger partial charge in [0.1, 0.15) is 0 Å². The summed E-state index contributed by atoms with van der Waals surface area (Å²) in [6.45, 7) is 0. The molecular weight excluding hydrogens is 403 g/mol. The summed E-state index contributed by atoms with van der Waals surface area (Å²) in [7, 11) is 1.51. The molecule has 2 heterocycles. The molecule has 1 aliphatic rings. The van der Waals surface area contributed by atoms with Crippen molar-refractivity contribution in [2.24, 2.45) is 12.0 Å². The number of aryl methyl sites for hydroxylation is 1. The van der Waals surface area contributed by atoms with E-state index in [-0.39, 0.29) is 17.3 Å². The first kappa shape index (κ1) is 19.5. The lowest BCUT2D eigenvalue weighted by Gasteiger charge is -2.34. The van der Waals surface area contributed by atoms with Crippen molar-refractivity contribution in [1.29, 1.82) is 0 Å². The zero-order valence-corrected chi connectivity index (χ0v) is 15.4. The summed E-state index contributed by atoms with van der Waals surface area (Å²) in [6, 6.07) is 10.9. The van der Waals surface area contributed by atoms with Gasteiger partial charge < -0.3 is 10.0 Å². The highest BCUT2D eigenvalue weighted by Crippen LogP contribution is 2.40. The number of rotatable bonds is 3. The number of hydrogen-bond acceptors (Lipinski definition) is 7. The van der Waals surface area contributed by atoms with Gasteiger partial charge in [-0.05, 0) is 46.8 Å². The van der Waals surface area contributed by atoms with Crippen molar-refractivity contribution < 1.29 is 23.1 Å². The molecule has 2 N–H and O–H groups in total. The molecule has 4 rings (SSSR count). The Balaban J connectivity index is 1.72. The maximum Gasteiger partial charge on any atom is 0.416 e. The number of tetrazole rings is 1. The molecule has 1 amide bonds. The number of nitrogens with one attached hydrogen (secondary N) is 1. The molecule has 154 valence electrons. The maximum atomic E-state index is 12.9. The Morgan fingerprint density at radius 3 is 2.47 bits per heavy atom. The number of benzene rings is 2. The number of fused-ring (bicyclic) bond motifs is 1. The van der Waals surface area contributed by atoms with Gasteiger partial charge in [-0.2, -0.15) is 13.2 Å². The van der Waals surface area contributed by atoms with Crippen LogP contribution in [0.5, 0.6) is 0 Å². The lowest BCUT2D eigenvalue weighted by molar-refractivity contribution is -0.137. The van der Waals surface area contributed by atoms with Gasteiger partial charge in [-0.25, -0.2) is 9.67 Å². The van der Waals surface area contributed by atoms with E-state index in [9.17, 15) is 23.1 Å². The van der Waals surface area contributed by atoms with Crippen molar-refractivity contribution in [2.45, 2.75) is 12.4 Å². The van der Waals surface area contributed by atoms with Crippen molar-refractivity contribution in [3.05, 3.63) is 54.1 Å². The van der Waals surface area contributed by atoms with E-state index in [0.717, 1.165) is 12.1 Å². The van der Waals surface area contributed by atoms with E-state index in [2.05, 4.69) is 25.8 Å². The first-order valence-electron chi connectivity index (χ1n) is 8.61. The highest BCUT2D eigenvalue weighted by atomic mass is 19.4. The summed E-state index contributed by atoms with van der Waals surface area (Å²) < 4.78 is 39.9. The molecule has 1 aliphatic heterocycles. The Morgan fingerprint density at radius 1 is 1.13 bits per heavy atom. The average molecular weight is 417 g/mol. The fraction of sp³-hybridized carbons (Fsp3) is 0.167. The number of alkyl halides is 3. The minimum absolute atomic E-state index is 0.0369. The molecule has 30 heavy (non-hydrogen) atoms. The van der Waals surface area contributed by atoms with Crippen LogP contribution in [0.1, 0.15) is 5.56 Å². The Bertz CT molecular complexity index is 1130. The number of anilines is 3. The van der Waals surface area contributed by atoms with Gasteiger partial charge in [0, 0.05) is 12.7 Å². The van der Waals surface area contributed by atoms with E-state index in [1.807, 2.05) is 0 Å². The molecule has 0 spiro atoms. The normalized spacial score (nSPS) is 16.1. The molecule has 12 heteroatoms. The molecule has 0 saturated carbocycles. The standard InChI is InChI=1S/C18H14F3N7O2/c1-27-17(24-25-26-27)23-15(29)14-16(30)28(13-5-3-2-4-12(13)22-14)11-8-6-10(7-9-11)18(19,20)21/h2-9,16,30H,1H3,(H,23,24,26,29). The van der Waals surface area contributed by atoms with Crippen LogP contribution in [0, 0.1) is 0 Å². The van der Waals surface area contributed by atoms with Crippen LogP contribution in [0.4, 0.5) is 36.2 Å². The topological polar surface area (TPSA) is 109 Å². The quantitative estimate of drug-likeness (QED) is 0.678. The zero-order valence-electron chi connectivity index (χ0n) is 15.4. The summed E-state index contributed by atoms with van der Waals surface area (Å²) >= 11 is 0. The molecule has 1 unspecified atom stereocenters. The van der Waals surface area contributed by atoms with Gasteiger partial charge in [0.15, 0.2) is 11.9 Å². The van der Waals surface area contributed by atoms with E-state index >= 15 is 0 Å². The number of para-hydroxylation sites is 2. The summed E-state index contributed by atoms with van der Waals surface area (Å²) in [5.74, 6) is -0.721. The molecule has 1 aromatic heterocycles. The lowest BCUT2D eigenvalue weighted by Crippen LogP contribution is -2.45. The largest absolute Gasteiger partial charge is 0.416 e. The third kappa shape index (κ3) is 3.48. The number of nitrogens with zero attached hydrogens (tertiary/aromatic N) is 6. The first-order chi connectivity index (χ1) is 14.3. The minimum Gasteiger partial charge on any atom is -0.367 e. The van der Waals surface area contributed by atoms with Crippen LogP contribution in [0.25, 0.3) is 0 Å². The van der Waals surface area contributed by atoms with Crippen LogP contribution >= 0.6 is 0 Å². The predicted molar refractivity (Wildman–Crippen MR) is 101 cm³/mol. The van der Waals surface area contributed by atoms with Gasteiger partial charge in [0.25, 0.3) is 5.91 Å². The second-order valence-electron chi connectivity index (χ2n) is 6.35. The van der Waals surface area contributed by atoms with Crippen LogP contribution in [-0.2, 0) is 18.0 Å². The van der Waals surface area contributed by atoms with Crippen molar-refractivity contribution in [3.8, 4) is 0 Å². The summed E-state index contributed by atoms with van der Waals surface area (Å²) in [5.41, 5.74) is -0.0434. The molecular formula is C18H14F3N7O2. The van der Waals surface area contributed by atoms with Crippen molar-refractivity contribution in [3.63, 3.8) is 0 Å². The molecule has 0 saturated heterocycles. The van der Waals surface area contributed by atoms with Crippen LogP contribution in [-0.4, -0.2) is 43.2 Å². The van der Waals surface area contributed by atoms with Crippen molar-refractivity contribution in [1.82, 2.24) is 20.2 Å².